The van der Waals surface area contributed by atoms with E-state index in [0.29, 0.717) is 5.69 Å². The summed E-state index contributed by atoms with van der Waals surface area (Å²) in [6.45, 7) is 5.74. The molecule has 1 rings (SSSR count). The van der Waals surface area contributed by atoms with Crippen molar-refractivity contribution in [3.63, 3.8) is 0 Å². The SMILES string of the molecule is Cc1ccc(C#CCN)cc1NS(=O)(=O)N(C)C(C)C. The molecule has 0 radical (unpaired) electrons. The maximum atomic E-state index is 12.2. The minimum atomic E-state index is -3.56. The molecule has 1 aromatic carbocycles. The van der Waals surface area contributed by atoms with Crippen LogP contribution in [0.5, 0.6) is 0 Å². The van der Waals surface area contributed by atoms with Gasteiger partial charge in [0.05, 0.1) is 12.2 Å². The molecule has 0 aliphatic carbocycles. The molecule has 0 atom stereocenters. The third kappa shape index (κ3) is 4.23. The van der Waals surface area contributed by atoms with Crippen LogP contribution >= 0.6 is 0 Å². The fourth-order valence-corrected chi connectivity index (χ4v) is 2.65. The van der Waals surface area contributed by atoms with Crippen molar-refractivity contribution in [2.45, 2.75) is 26.8 Å². The number of nitrogens with one attached hydrogen (secondary N) is 1. The van der Waals surface area contributed by atoms with Gasteiger partial charge in [-0.15, -0.1) is 0 Å². The molecule has 5 nitrogen and oxygen atoms in total. The van der Waals surface area contributed by atoms with Gasteiger partial charge in [0.2, 0.25) is 0 Å². The Kier molecular flexibility index (Phi) is 5.57. The van der Waals surface area contributed by atoms with Crippen LogP contribution in [0.25, 0.3) is 0 Å². The number of hydrogen-bond donors (Lipinski definition) is 2. The maximum Gasteiger partial charge on any atom is 0.301 e. The molecule has 0 spiro atoms. The molecule has 0 unspecified atom stereocenters. The van der Waals surface area contributed by atoms with E-state index in [1.54, 1.807) is 13.1 Å². The average molecular weight is 295 g/mol. The van der Waals surface area contributed by atoms with Crippen molar-refractivity contribution in [1.82, 2.24) is 4.31 Å². The Bertz CT molecular complexity index is 628. The molecule has 0 aliphatic rings. The van der Waals surface area contributed by atoms with Gasteiger partial charge < -0.3 is 5.73 Å². The monoisotopic (exact) mass is 295 g/mol. The molecule has 6 heteroatoms. The van der Waals surface area contributed by atoms with Crippen LogP contribution in [0, 0.1) is 18.8 Å². The van der Waals surface area contributed by atoms with Crippen LogP contribution in [0.2, 0.25) is 0 Å². The van der Waals surface area contributed by atoms with E-state index >= 15 is 0 Å². The Balaban J connectivity index is 3.08. The minimum absolute atomic E-state index is 0.118. The van der Waals surface area contributed by atoms with E-state index in [2.05, 4.69) is 16.6 Å². The van der Waals surface area contributed by atoms with Gasteiger partial charge in [-0.05, 0) is 38.5 Å². The third-order valence-corrected chi connectivity index (χ3v) is 4.58. The molecule has 0 aliphatic heterocycles. The second kappa shape index (κ2) is 6.75. The Hall–Kier alpha value is -1.55. The predicted molar refractivity (Wildman–Crippen MR) is 82.6 cm³/mol. The van der Waals surface area contributed by atoms with Gasteiger partial charge in [0.1, 0.15) is 0 Å². The van der Waals surface area contributed by atoms with Crippen molar-refractivity contribution >= 4 is 15.9 Å². The van der Waals surface area contributed by atoms with Crippen LogP contribution < -0.4 is 10.5 Å². The zero-order chi connectivity index (χ0) is 15.3. The van der Waals surface area contributed by atoms with Crippen LogP contribution in [0.1, 0.15) is 25.0 Å². The second-order valence-electron chi connectivity index (χ2n) is 4.75. The van der Waals surface area contributed by atoms with Crippen LogP contribution in [0.4, 0.5) is 5.69 Å². The summed E-state index contributed by atoms with van der Waals surface area (Å²) in [4.78, 5) is 0. The molecule has 0 heterocycles. The van der Waals surface area contributed by atoms with Gasteiger partial charge >= 0.3 is 10.2 Å². The lowest BCUT2D eigenvalue weighted by molar-refractivity contribution is 0.414. The van der Waals surface area contributed by atoms with Gasteiger partial charge in [-0.3, -0.25) is 4.72 Å². The first-order valence-corrected chi connectivity index (χ1v) is 7.77. The van der Waals surface area contributed by atoms with E-state index in [9.17, 15) is 8.42 Å². The first-order valence-electron chi connectivity index (χ1n) is 6.33. The predicted octanol–water partition coefficient (Wildman–Crippen LogP) is 1.30. The molecule has 0 saturated carbocycles. The standard InChI is InChI=1S/C14H21N3O2S/c1-11(2)17(4)20(18,19)16-14-10-13(6-5-9-15)8-7-12(14)3/h7-8,10-11,16H,9,15H2,1-4H3. The average Bonchev–Trinajstić information content (AvgIpc) is 2.38. The lowest BCUT2D eigenvalue weighted by atomic mass is 10.1. The molecule has 110 valence electrons. The van der Waals surface area contributed by atoms with Crippen molar-refractivity contribution in [1.29, 1.82) is 0 Å². The highest BCUT2D eigenvalue weighted by atomic mass is 32.2. The molecule has 3 N–H and O–H groups in total. The van der Waals surface area contributed by atoms with Crippen molar-refractivity contribution in [3.05, 3.63) is 29.3 Å². The summed E-state index contributed by atoms with van der Waals surface area (Å²) in [6.07, 6.45) is 0. The van der Waals surface area contributed by atoms with Crippen LogP contribution in [0.3, 0.4) is 0 Å². The fraction of sp³-hybridized carbons (Fsp3) is 0.429. The van der Waals surface area contributed by atoms with Crippen LogP contribution in [-0.2, 0) is 10.2 Å². The number of aryl methyl sites for hydroxylation is 1. The van der Waals surface area contributed by atoms with Gasteiger partial charge in [0.25, 0.3) is 0 Å². The summed E-state index contributed by atoms with van der Waals surface area (Å²) >= 11 is 0. The van der Waals surface area contributed by atoms with Crippen molar-refractivity contribution in [3.8, 4) is 11.8 Å². The summed E-state index contributed by atoms with van der Waals surface area (Å²) in [5, 5.41) is 0. The Morgan fingerprint density at radius 2 is 2.05 bits per heavy atom. The first kappa shape index (κ1) is 16.5. The molecular formula is C14H21N3O2S. The van der Waals surface area contributed by atoms with E-state index in [-0.39, 0.29) is 12.6 Å². The lowest BCUT2D eigenvalue weighted by Crippen LogP contribution is -2.37. The van der Waals surface area contributed by atoms with E-state index in [4.69, 9.17) is 5.73 Å². The van der Waals surface area contributed by atoms with Crippen LogP contribution in [-0.4, -0.2) is 32.4 Å². The maximum absolute atomic E-state index is 12.2. The topological polar surface area (TPSA) is 75.4 Å². The highest BCUT2D eigenvalue weighted by Crippen LogP contribution is 2.19. The van der Waals surface area contributed by atoms with Gasteiger partial charge in [0, 0.05) is 18.7 Å². The summed E-state index contributed by atoms with van der Waals surface area (Å²) in [5.41, 5.74) is 7.42. The number of nitrogens with zero attached hydrogens (tertiary/aromatic N) is 1. The molecule has 0 aromatic heterocycles. The fourth-order valence-electron chi connectivity index (χ4n) is 1.45. The lowest BCUT2D eigenvalue weighted by Gasteiger charge is -2.22. The van der Waals surface area contributed by atoms with Crippen molar-refractivity contribution in [2.24, 2.45) is 5.73 Å². The number of hydrogen-bond acceptors (Lipinski definition) is 3. The Labute approximate surface area is 121 Å². The third-order valence-electron chi connectivity index (χ3n) is 2.92. The summed E-state index contributed by atoms with van der Waals surface area (Å²) in [6, 6.07) is 5.26. The highest BCUT2D eigenvalue weighted by molar-refractivity contribution is 7.90. The molecular weight excluding hydrogens is 274 g/mol. The second-order valence-corrected chi connectivity index (χ2v) is 6.48. The molecule has 1 aromatic rings. The number of anilines is 1. The Morgan fingerprint density at radius 3 is 2.60 bits per heavy atom. The minimum Gasteiger partial charge on any atom is -0.320 e. The molecule has 0 bridgehead atoms. The van der Waals surface area contributed by atoms with Gasteiger partial charge in [-0.1, -0.05) is 17.9 Å². The quantitative estimate of drug-likeness (QED) is 0.822. The number of benzene rings is 1. The van der Waals surface area contributed by atoms with Crippen LogP contribution in [0.15, 0.2) is 18.2 Å². The number of rotatable bonds is 4. The summed E-state index contributed by atoms with van der Waals surface area (Å²) in [7, 11) is -2.02. The van der Waals surface area contributed by atoms with Crippen molar-refractivity contribution < 1.29 is 8.42 Å². The van der Waals surface area contributed by atoms with E-state index in [1.165, 1.54) is 4.31 Å². The summed E-state index contributed by atoms with van der Waals surface area (Å²) in [5.74, 6) is 5.63. The Morgan fingerprint density at radius 1 is 1.40 bits per heavy atom. The zero-order valence-corrected chi connectivity index (χ0v) is 13.1. The molecule has 0 fully saturated rings. The highest BCUT2D eigenvalue weighted by Gasteiger charge is 2.20. The van der Waals surface area contributed by atoms with Gasteiger partial charge in [-0.2, -0.15) is 12.7 Å². The van der Waals surface area contributed by atoms with E-state index < -0.39 is 10.2 Å². The summed E-state index contributed by atoms with van der Waals surface area (Å²) < 4.78 is 28.2. The first-order chi connectivity index (χ1) is 9.27. The molecule has 0 amide bonds. The number of nitrogens with two attached hydrogens (primary N) is 1. The molecule has 0 saturated heterocycles. The smallest absolute Gasteiger partial charge is 0.301 e. The largest absolute Gasteiger partial charge is 0.320 e. The van der Waals surface area contributed by atoms with Crippen molar-refractivity contribution in [2.75, 3.05) is 18.3 Å². The normalized spacial score (nSPS) is 11.3. The van der Waals surface area contributed by atoms with Gasteiger partial charge in [0.15, 0.2) is 0 Å². The zero-order valence-electron chi connectivity index (χ0n) is 12.3. The van der Waals surface area contributed by atoms with E-state index in [0.717, 1.165) is 11.1 Å². The molecule has 20 heavy (non-hydrogen) atoms. The van der Waals surface area contributed by atoms with Gasteiger partial charge in [-0.25, -0.2) is 0 Å². The van der Waals surface area contributed by atoms with E-state index in [1.807, 2.05) is 32.9 Å².